The normalized spacial score (nSPS) is 20.2. The van der Waals surface area contributed by atoms with Crippen molar-refractivity contribution in [2.24, 2.45) is 4.99 Å². The Morgan fingerprint density at radius 3 is 2.54 bits per heavy atom. The molecule has 1 saturated heterocycles. The number of sulfone groups is 1. The minimum atomic E-state index is -2.81. The van der Waals surface area contributed by atoms with Crippen LogP contribution in [0.1, 0.15) is 18.1 Å². The number of hydrogen-bond acceptors (Lipinski definition) is 4. The highest BCUT2D eigenvalue weighted by Crippen LogP contribution is 2.18. The highest BCUT2D eigenvalue weighted by molar-refractivity contribution is 14.0. The van der Waals surface area contributed by atoms with Crippen molar-refractivity contribution in [1.29, 1.82) is 0 Å². The first kappa shape index (κ1) is 21.4. The third kappa shape index (κ3) is 5.82. The molecule has 2 aliphatic heterocycles. The van der Waals surface area contributed by atoms with E-state index in [0.29, 0.717) is 19.6 Å². The number of nitrogens with one attached hydrogen (secondary N) is 1. The van der Waals surface area contributed by atoms with E-state index in [2.05, 4.69) is 46.3 Å². The van der Waals surface area contributed by atoms with E-state index in [4.69, 9.17) is 4.99 Å². The van der Waals surface area contributed by atoms with Crippen molar-refractivity contribution in [3.05, 3.63) is 35.4 Å². The van der Waals surface area contributed by atoms with Crippen LogP contribution in [0.4, 0.5) is 0 Å². The maximum absolute atomic E-state index is 11.5. The molecule has 6 nitrogen and oxygen atoms in total. The molecule has 1 aromatic carbocycles. The number of guanidine groups is 1. The third-order valence-electron chi connectivity index (χ3n) is 4.88. The zero-order valence-corrected chi connectivity index (χ0v) is 18.5. The summed E-state index contributed by atoms with van der Waals surface area (Å²) in [6, 6.07) is 8.60. The zero-order valence-electron chi connectivity index (χ0n) is 15.4. The predicted molar refractivity (Wildman–Crippen MR) is 117 cm³/mol. The SMILES string of the molecule is CCNC(=NCCN1CCS(=O)(=O)CC1)N1CCc2ccccc2C1.I. The fourth-order valence-electron chi connectivity index (χ4n) is 3.37. The first-order valence-electron chi connectivity index (χ1n) is 9.10. The van der Waals surface area contributed by atoms with Gasteiger partial charge >= 0.3 is 0 Å². The topological polar surface area (TPSA) is 65.0 Å². The number of fused-ring (bicyclic) bond motifs is 1. The molecule has 0 atom stereocenters. The monoisotopic (exact) mass is 492 g/mol. The molecule has 0 saturated carbocycles. The van der Waals surface area contributed by atoms with Crippen LogP contribution in [-0.4, -0.2) is 75.0 Å². The van der Waals surface area contributed by atoms with Crippen LogP contribution in [0.2, 0.25) is 0 Å². The third-order valence-corrected chi connectivity index (χ3v) is 6.49. The Morgan fingerprint density at radius 2 is 1.85 bits per heavy atom. The van der Waals surface area contributed by atoms with Crippen molar-refractivity contribution in [2.45, 2.75) is 19.9 Å². The van der Waals surface area contributed by atoms with Crippen molar-refractivity contribution in [1.82, 2.24) is 15.1 Å². The van der Waals surface area contributed by atoms with E-state index in [9.17, 15) is 8.42 Å². The lowest BCUT2D eigenvalue weighted by Crippen LogP contribution is -2.45. The lowest BCUT2D eigenvalue weighted by atomic mass is 10.0. The summed E-state index contributed by atoms with van der Waals surface area (Å²) in [5.41, 5.74) is 2.81. The summed E-state index contributed by atoms with van der Waals surface area (Å²) in [6.07, 6.45) is 1.05. The second-order valence-electron chi connectivity index (χ2n) is 6.67. The summed E-state index contributed by atoms with van der Waals surface area (Å²) in [6.45, 7) is 7.57. The van der Waals surface area contributed by atoms with Gasteiger partial charge < -0.3 is 10.2 Å². The number of rotatable bonds is 4. The molecule has 1 aromatic rings. The summed E-state index contributed by atoms with van der Waals surface area (Å²) in [5, 5.41) is 3.40. The van der Waals surface area contributed by atoms with Gasteiger partial charge in [0, 0.05) is 39.3 Å². The largest absolute Gasteiger partial charge is 0.357 e. The van der Waals surface area contributed by atoms with Gasteiger partial charge in [-0.15, -0.1) is 24.0 Å². The van der Waals surface area contributed by atoms with E-state index in [1.807, 2.05) is 0 Å². The second kappa shape index (κ2) is 9.89. The molecule has 0 spiro atoms. The highest BCUT2D eigenvalue weighted by Gasteiger charge is 2.21. The number of benzene rings is 1. The molecule has 1 fully saturated rings. The Balaban J connectivity index is 0.00000243. The van der Waals surface area contributed by atoms with Crippen LogP contribution in [-0.2, 0) is 22.8 Å². The number of aliphatic imine (C=N–C) groups is 1. The van der Waals surface area contributed by atoms with Crippen LogP contribution in [0.3, 0.4) is 0 Å². The predicted octanol–water partition coefficient (Wildman–Crippen LogP) is 1.36. The maximum atomic E-state index is 11.5. The molecule has 3 rings (SSSR count). The Labute approximate surface area is 174 Å². The van der Waals surface area contributed by atoms with Crippen LogP contribution in [0.15, 0.2) is 29.3 Å². The fourth-order valence-corrected chi connectivity index (χ4v) is 4.65. The Hall–Kier alpha value is -0.870. The second-order valence-corrected chi connectivity index (χ2v) is 8.97. The van der Waals surface area contributed by atoms with Gasteiger partial charge in [-0.25, -0.2) is 8.42 Å². The van der Waals surface area contributed by atoms with Crippen LogP contribution >= 0.6 is 24.0 Å². The van der Waals surface area contributed by atoms with Crippen molar-refractivity contribution in [2.75, 3.05) is 50.8 Å². The minimum absolute atomic E-state index is 0. The molecule has 0 bridgehead atoms. The van der Waals surface area contributed by atoms with Crippen molar-refractivity contribution >= 4 is 39.8 Å². The summed E-state index contributed by atoms with van der Waals surface area (Å²) in [5.74, 6) is 1.51. The molecular weight excluding hydrogens is 463 g/mol. The van der Waals surface area contributed by atoms with Crippen LogP contribution in [0.25, 0.3) is 0 Å². The van der Waals surface area contributed by atoms with E-state index in [0.717, 1.165) is 38.6 Å². The molecule has 8 heteroatoms. The Bertz CT molecular complexity index is 710. The standard InChI is InChI=1S/C18H28N4O2S.HI/c1-2-19-18(20-8-10-21-11-13-25(23,24)14-12-21)22-9-7-16-5-3-4-6-17(16)15-22;/h3-6H,2,7-15H2,1H3,(H,19,20);1H. The summed E-state index contributed by atoms with van der Waals surface area (Å²) < 4.78 is 23.0. The summed E-state index contributed by atoms with van der Waals surface area (Å²) in [7, 11) is -2.81. The molecule has 26 heavy (non-hydrogen) atoms. The van der Waals surface area contributed by atoms with E-state index < -0.39 is 9.84 Å². The molecule has 0 amide bonds. The number of halogens is 1. The number of nitrogens with zero attached hydrogens (tertiary/aromatic N) is 3. The van der Waals surface area contributed by atoms with E-state index >= 15 is 0 Å². The molecule has 1 N–H and O–H groups in total. The zero-order chi connectivity index (χ0) is 17.7. The van der Waals surface area contributed by atoms with Gasteiger partial charge in [0.25, 0.3) is 0 Å². The Morgan fingerprint density at radius 1 is 1.15 bits per heavy atom. The van der Waals surface area contributed by atoms with Crippen molar-refractivity contribution in [3.8, 4) is 0 Å². The average molecular weight is 492 g/mol. The average Bonchev–Trinajstić information content (AvgIpc) is 2.62. The van der Waals surface area contributed by atoms with Crippen molar-refractivity contribution in [3.63, 3.8) is 0 Å². The van der Waals surface area contributed by atoms with Gasteiger partial charge in [0.15, 0.2) is 15.8 Å². The number of hydrogen-bond donors (Lipinski definition) is 1. The quantitative estimate of drug-likeness (QED) is 0.391. The summed E-state index contributed by atoms with van der Waals surface area (Å²) in [4.78, 5) is 9.29. The van der Waals surface area contributed by atoms with Gasteiger partial charge in [-0.05, 0) is 24.5 Å². The molecule has 2 heterocycles. The van der Waals surface area contributed by atoms with Crippen LogP contribution in [0, 0.1) is 0 Å². The van der Waals surface area contributed by atoms with Gasteiger partial charge in [0.1, 0.15) is 0 Å². The van der Waals surface area contributed by atoms with E-state index in [1.165, 1.54) is 11.1 Å². The van der Waals surface area contributed by atoms with Gasteiger partial charge in [-0.2, -0.15) is 0 Å². The molecule has 0 unspecified atom stereocenters. The van der Waals surface area contributed by atoms with Crippen LogP contribution in [0.5, 0.6) is 0 Å². The molecule has 0 aliphatic carbocycles. The van der Waals surface area contributed by atoms with Gasteiger partial charge in [-0.1, -0.05) is 24.3 Å². The summed E-state index contributed by atoms with van der Waals surface area (Å²) >= 11 is 0. The van der Waals surface area contributed by atoms with E-state index in [-0.39, 0.29) is 35.5 Å². The molecule has 0 radical (unpaired) electrons. The fraction of sp³-hybridized carbons (Fsp3) is 0.611. The molecule has 0 aromatic heterocycles. The van der Waals surface area contributed by atoms with Crippen molar-refractivity contribution < 1.29 is 8.42 Å². The van der Waals surface area contributed by atoms with E-state index in [1.54, 1.807) is 0 Å². The Kier molecular flexibility index (Phi) is 8.15. The minimum Gasteiger partial charge on any atom is -0.357 e. The lowest BCUT2D eigenvalue weighted by Gasteiger charge is -2.32. The molecular formula is C18H29IN4O2S. The first-order chi connectivity index (χ1) is 12.1. The maximum Gasteiger partial charge on any atom is 0.194 e. The van der Waals surface area contributed by atoms with Gasteiger partial charge in [-0.3, -0.25) is 9.89 Å². The molecule has 2 aliphatic rings. The van der Waals surface area contributed by atoms with Crippen LogP contribution < -0.4 is 5.32 Å². The lowest BCUT2D eigenvalue weighted by molar-refractivity contribution is 0.302. The van der Waals surface area contributed by atoms with Gasteiger partial charge in [0.05, 0.1) is 18.1 Å². The molecule has 146 valence electrons. The smallest absolute Gasteiger partial charge is 0.194 e. The van der Waals surface area contributed by atoms with Gasteiger partial charge in [0.2, 0.25) is 0 Å². The first-order valence-corrected chi connectivity index (χ1v) is 10.9. The highest BCUT2D eigenvalue weighted by atomic mass is 127.